The van der Waals surface area contributed by atoms with Crippen LogP contribution in [0.15, 0.2) is 23.0 Å². The van der Waals surface area contributed by atoms with Gasteiger partial charge in [0.1, 0.15) is 5.76 Å². The number of rotatable bonds is 2. The highest BCUT2D eigenvalue weighted by Gasteiger charge is 2.17. The topological polar surface area (TPSA) is 60.7 Å². The van der Waals surface area contributed by atoms with E-state index in [1.165, 1.54) is 0 Å². The van der Waals surface area contributed by atoms with E-state index in [9.17, 15) is 5.11 Å². The Morgan fingerprint density at radius 1 is 1.42 bits per heavy atom. The Hall–Kier alpha value is -0.800. The molecule has 0 fully saturated rings. The van der Waals surface area contributed by atoms with Crippen molar-refractivity contribution in [2.45, 2.75) is 13.3 Å². The van der Waals surface area contributed by atoms with Gasteiger partial charge in [-0.15, -0.1) is 0 Å². The van der Waals surface area contributed by atoms with Crippen LogP contribution in [0.3, 0.4) is 0 Å². The van der Waals surface area contributed by atoms with Gasteiger partial charge in [-0.2, -0.15) is 0 Å². The molecular formula is C9H14O3. The van der Waals surface area contributed by atoms with Crippen molar-refractivity contribution in [1.82, 2.24) is 0 Å². The lowest BCUT2D eigenvalue weighted by atomic mass is 9.91. The minimum atomic E-state index is -0.167. The van der Waals surface area contributed by atoms with Gasteiger partial charge < -0.3 is 15.3 Å². The molecule has 0 aliphatic heterocycles. The van der Waals surface area contributed by atoms with Crippen molar-refractivity contribution in [3.05, 3.63) is 23.0 Å². The fraction of sp³-hybridized carbons (Fsp3) is 0.556. The molecule has 0 radical (unpaired) electrons. The van der Waals surface area contributed by atoms with Crippen molar-refractivity contribution in [2.24, 2.45) is 5.92 Å². The van der Waals surface area contributed by atoms with Gasteiger partial charge in [-0.25, -0.2) is 0 Å². The summed E-state index contributed by atoms with van der Waals surface area (Å²) in [6, 6.07) is 0. The molecule has 0 bridgehead atoms. The number of allylic oxidation sites excluding steroid dienone is 1. The van der Waals surface area contributed by atoms with E-state index in [4.69, 9.17) is 10.2 Å². The van der Waals surface area contributed by atoms with E-state index in [0.29, 0.717) is 17.6 Å². The standard InChI is InChI=1S/C9H14O3/c1-6-2-7(4-10)9(12)8(3-6)5-11/h2,6,10-12H,3-5H2,1H3. The van der Waals surface area contributed by atoms with Gasteiger partial charge in [0.05, 0.1) is 13.2 Å². The number of hydrogen-bond donors (Lipinski definition) is 3. The van der Waals surface area contributed by atoms with E-state index in [0.717, 1.165) is 0 Å². The molecule has 1 aliphatic carbocycles. The summed E-state index contributed by atoms with van der Waals surface area (Å²) >= 11 is 0. The van der Waals surface area contributed by atoms with Gasteiger partial charge in [0, 0.05) is 5.57 Å². The van der Waals surface area contributed by atoms with Crippen molar-refractivity contribution >= 4 is 0 Å². The number of aliphatic hydroxyl groups is 3. The lowest BCUT2D eigenvalue weighted by molar-refractivity contribution is 0.285. The van der Waals surface area contributed by atoms with E-state index in [-0.39, 0.29) is 24.9 Å². The van der Waals surface area contributed by atoms with Crippen molar-refractivity contribution in [3.63, 3.8) is 0 Å². The molecule has 1 rings (SSSR count). The van der Waals surface area contributed by atoms with Crippen LogP contribution in [-0.4, -0.2) is 28.5 Å². The molecule has 0 amide bonds. The second-order valence-electron chi connectivity index (χ2n) is 3.14. The maximum absolute atomic E-state index is 9.44. The van der Waals surface area contributed by atoms with Gasteiger partial charge in [-0.05, 0) is 17.9 Å². The predicted molar refractivity (Wildman–Crippen MR) is 45.7 cm³/mol. The lowest BCUT2D eigenvalue weighted by Gasteiger charge is -2.19. The molecule has 1 aliphatic rings. The predicted octanol–water partition coefficient (Wildman–Crippen LogP) is 0.749. The van der Waals surface area contributed by atoms with E-state index in [1.54, 1.807) is 0 Å². The molecule has 12 heavy (non-hydrogen) atoms. The molecule has 0 spiro atoms. The maximum Gasteiger partial charge on any atom is 0.122 e. The van der Waals surface area contributed by atoms with E-state index in [2.05, 4.69) is 0 Å². The van der Waals surface area contributed by atoms with Gasteiger partial charge in [0.15, 0.2) is 0 Å². The third kappa shape index (κ3) is 1.68. The Balaban J connectivity index is 2.91. The quantitative estimate of drug-likeness (QED) is 0.573. The second kappa shape index (κ2) is 3.74. The Kier molecular flexibility index (Phi) is 2.89. The highest BCUT2D eigenvalue weighted by Crippen LogP contribution is 2.26. The maximum atomic E-state index is 9.44. The molecular weight excluding hydrogens is 156 g/mol. The molecule has 3 heteroatoms. The van der Waals surface area contributed by atoms with Crippen LogP contribution in [0.1, 0.15) is 13.3 Å². The normalized spacial score (nSPS) is 24.2. The fourth-order valence-electron chi connectivity index (χ4n) is 1.46. The first-order valence-corrected chi connectivity index (χ1v) is 4.02. The molecule has 0 aromatic heterocycles. The first-order chi connectivity index (χ1) is 5.69. The van der Waals surface area contributed by atoms with E-state index < -0.39 is 0 Å². The highest BCUT2D eigenvalue weighted by molar-refractivity contribution is 5.34. The van der Waals surface area contributed by atoms with Gasteiger partial charge in [0.2, 0.25) is 0 Å². The summed E-state index contributed by atoms with van der Waals surface area (Å²) in [7, 11) is 0. The first-order valence-electron chi connectivity index (χ1n) is 4.02. The summed E-state index contributed by atoms with van der Waals surface area (Å²) in [5, 5.41) is 27.2. The van der Waals surface area contributed by atoms with Crippen molar-refractivity contribution in [3.8, 4) is 0 Å². The smallest absolute Gasteiger partial charge is 0.122 e. The Morgan fingerprint density at radius 3 is 2.58 bits per heavy atom. The summed E-state index contributed by atoms with van der Waals surface area (Å²) in [6.07, 6.45) is 2.50. The van der Waals surface area contributed by atoms with E-state index in [1.807, 2.05) is 13.0 Å². The third-order valence-corrected chi connectivity index (χ3v) is 2.05. The van der Waals surface area contributed by atoms with Crippen LogP contribution in [0.2, 0.25) is 0 Å². The van der Waals surface area contributed by atoms with Crippen LogP contribution in [0.5, 0.6) is 0 Å². The summed E-state index contributed by atoms with van der Waals surface area (Å²) in [6.45, 7) is 1.69. The molecule has 1 atom stereocenters. The van der Waals surface area contributed by atoms with Gasteiger partial charge in [-0.1, -0.05) is 13.0 Å². The zero-order valence-corrected chi connectivity index (χ0v) is 7.12. The summed E-state index contributed by atoms with van der Waals surface area (Å²) in [5.74, 6) is 0.350. The SMILES string of the molecule is CC1C=C(CO)C(O)=C(CO)C1. The average molecular weight is 170 g/mol. The Morgan fingerprint density at radius 2 is 2.08 bits per heavy atom. The monoisotopic (exact) mass is 170 g/mol. The van der Waals surface area contributed by atoms with Crippen LogP contribution in [-0.2, 0) is 0 Å². The molecule has 3 nitrogen and oxygen atoms in total. The zero-order chi connectivity index (χ0) is 9.14. The van der Waals surface area contributed by atoms with E-state index >= 15 is 0 Å². The molecule has 0 aromatic carbocycles. The first kappa shape index (κ1) is 9.29. The van der Waals surface area contributed by atoms with Crippen LogP contribution >= 0.6 is 0 Å². The second-order valence-corrected chi connectivity index (χ2v) is 3.14. The Labute approximate surface area is 71.7 Å². The van der Waals surface area contributed by atoms with Gasteiger partial charge >= 0.3 is 0 Å². The molecule has 3 N–H and O–H groups in total. The van der Waals surface area contributed by atoms with Crippen molar-refractivity contribution < 1.29 is 15.3 Å². The molecule has 1 unspecified atom stereocenters. The van der Waals surface area contributed by atoms with Crippen molar-refractivity contribution in [2.75, 3.05) is 13.2 Å². The third-order valence-electron chi connectivity index (χ3n) is 2.05. The largest absolute Gasteiger partial charge is 0.508 e. The minimum absolute atomic E-state index is 0.0677. The van der Waals surface area contributed by atoms with Crippen LogP contribution in [0.25, 0.3) is 0 Å². The zero-order valence-electron chi connectivity index (χ0n) is 7.12. The van der Waals surface area contributed by atoms with Crippen LogP contribution in [0, 0.1) is 5.92 Å². The number of hydrogen-bond acceptors (Lipinski definition) is 3. The fourth-order valence-corrected chi connectivity index (χ4v) is 1.46. The molecule has 0 saturated carbocycles. The molecule has 0 heterocycles. The minimum Gasteiger partial charge on any atom is -0.508 e. The summed E-state index contributed by atoms with van der Waals surface area (Å²) in [4.78, 5) is 0. The summed E-state index contributed by atoms with van der Waals surface area (Å²) < 4.78 is 0. The van der Waals surface area contributed by atoms with Crippen LogP contribution < -0.4 is 0 Å². The average Bonchev–Trinajstić information content (AvgIpc) is 2.08. The van der Waals surface area contributed by atoms with Crippen molar-refractivity contribution in [1.29, 1.82) is 0 Å². The molecule has 0 saturated heterocycles. The van der Waals surface area contributed by atoms with Crippen LogP contribution in [0.4, 0.5) is 0 Å². The highest BCUT2D eigenvalue weighted by atomic mass is 16.3. The Bertz CT molecular complexity index is 228. The lowest BCUT2D eigenvalue weighted by Crippen LogP contribution is -2.11. The molecule has 68 valence electrons. The summed E-state index contributed by atoms with van der Waals surface area (Å²) in [5.41, 5.74) is 1.15. The van der Waals surface area contributed by atoms with Gasteiger partial charge in [0.25, 0.3) is 0 Å². The number of aliphatic hydroxyl groups excluding tert-OH is 3. The molecule has 0 aromatic rings. The van der Waals surface area contributed by atoms with Gasteiger partial charge in [-0.3, -0.25) is 0 Å².